The smallest absolute Gasteiger partial charge is 0.313 e. The van der Waals surface area contributed by atoms with Crippen LogP contribution in [0.3, 0.4) is 0 Å². The lowest BCUT2D eigenvalue weighted by Gasteiger charge is -2.13. The Bertz CT molecular complexity index is 377. The molecule has 0 spiro atoms. The number of aromatic nitrogens is 1. The maximum absolute atomic E-state index is 11.6. The third-order valence-electron chi connectivity index (χ3n) is 2.63. The van der Waals surface area contributed by atoms with Crippen molar-refractivity contribution in [1.29, 1.82) is 0 Å². The molecular weight excluding hydrogens is 214 g/mol. The molecular formula is C11H12ClNO2. The summed E-state index contributed by atoms with van der Waals surface area (Å²) in [5.41, 5.74) is 0.858. The monoisotopic (exact) mass is 225 g/mol. The van der Waals surface area contributed by atoms with Crippen LogP contribution in [0.2, 0.25) is 5.02 Å². The van der Waals surface area contributed by atoms with Crippen LogP contribution in [0.1, 0.15) is 24.3 Å². The minimum atomic E-state index is -0.193. The molecule has 1 heterocycles. The lowest BCUT2D eigenvalue weighted by atomic mass is 9.96. The predicted molar refractivity (Wildman–Crippen MR) is 56.7 cm³/mol. The number of carbonyl (C=O) groups excluding carboxylic acids is 1. The second kappa shape index (κ2) is 4.19. The van der Waals surface area contributed by atoms with Crippen LogP contribution in [0, 0.1) is 5.92 Å². The van der Waals surface area contributed by atoms with Gasteiger partial charge in [-0.1, -0.05) is 11.6 Å². The first-order chi connectivity index (χ1) is 7.22. The topological polar surface area (TPSA) is 39.2 Å². The average molecular weight is 226 g/mol. The quantitative estimate of drug-likeness (QED) is 0.742. The number of hydrogen-bond donors (Lipinski definition) is 0. The Labute approximate surface area is 93.4 Å². The van der Waals surface area contributed by atoms with Crippen molar-refractivity contribution in [3.8, 4) is 0 Å². The molecule has 0 bridgehead atoms. The van der Waals surface area contributed by atoms with Crippen LogP contribution in [0.25, 0.3) is 0 Å². The van der Waals surface area contributed by atoms with Gasteiger partial charge in [-0.2, -0.15) is 0 Å². The molecule has 3 nitrogen and oxygen atoms in total. The summed E-state index contributed by atoms with van der Waals surface area (Å²) in [6, 6.07) is 1.79. The van der Waals surface area contributed by atoms with Crippen LogP contribution >= 0.6 is 11.6 Å². The summed E-state index contributed by atoms with van der Waals surface area (Å²) in [5.74, 6) is 0.0143. The van der Waals surface area contributed by atoms with Gasteiger partial charge in [0.15, 0.2) is 0 Å². The molecule has 1 fully saturated rings. The number of esters is 1. The summed E-state index contributed by atoms with van der Waals surface area (Å²) >= 11 is 5.85. The SMILES string of the molecule is COC(=O)C(c1cncc(Cl)c1)C1CC1. The first-order valence-corrected chi connectivity index (χ1v) is 5.28. The van der Waals surface area contributed by atoms with E-state index in [1.165, 1.54) is 7.11 Å². The van der Waals surface area contributed by atoms with Gasteiger partial charge in [0.1, 0.15) is 0 Å². The van der Waals surface area contributed by atoms with Gasteiger partial charge in [-0.3, -0.25) is 9.78 Å². The van der Waals surface area contributed by atoms with E-state index in [1.54, 1.807) is 18.5 Å². The van der Waals surface area contributed by atoms with Crippen molar-refractivity contribution in [2.75, 3.05) is 7.11 Å². The summed E-state index contributed by atoms with van der Waals surface area (Å²) in [7, 11) is 1.41. The zero-order valence-corrected chi connectivity index (χ0v) is 9.20. The Hall–Kier alpha value is -1.09. The Kier molecular flexibility index (Phi) is 2.91. The fourth-order valence-electron chi connectivity index (χ4n) is 1.76. The van der Waals surface area contributed by atoms with E-state index in [0.29, 0.717) is 10.9 Å². The van der Waals surface area contributed by atoms with Crippen LogP contribution in [0.5, 0.6) is 0 Å². The highest BCUT2D eigenvalue weighted by molar-refractivity contribution is 6.30. The molecule has 1 aliphatic carbocycles. The third-order valence-corrected chi connectivity index (χ3v) is 2.84. The van der Waals surface area contributed by atoms with Crippen molar-refractivity contribution in [2.24, 2.45) is 5.92 Å². The third kappa shape index (κ3) is 2.29. The maximum Gasteiger partial charge on any atom is 0.313 e. The molecule has 1 aromatic heterocycles. The second-order valence-corrected chi connectivity index (χ2v) is 4.21. The van der Waals surface area contributed by atoms with Crippen LogP contribution < -0.4 is 0 Å². The molecule has 0 saturated heterocycles. The van der Waals surface area contributed by atoms with Crippen LogP contribution in [0.4, 0.5) is 0 Å². The number of pyridine rings is 1. The molecule has 0 N–H and O–H groups in total. The van der Waals surface area contributed by atoms with Gasteiger partial charge in [0.25, 0.3) is 0 Å². The van der Waals surface area contributed by atoms with E-state index in [2.05, 4.69) is 4.98 Å². The molecule has 1 atom stereocenters. The zero-order valence-electron chi connectivity index (χ0n) is 8.44. The number of hydrogen-bond acceptors (Lipinski definition) is 3. The van der Waals surface area contributed by atoms with Gasteiger partial charge < -0.3 is 4.74 Å². The number of ether oxygens (including phenoxy) is 1. The molecule has 1 unspecified atom stereocenters. The van der Waals surface area contributed by atoms with E-state index >= 15 is 0 Å². The standard InChI is InChI=1S/C11H12ClNO2/c1-15-11(14)10(7-2-3-7)8-4-9(12)6-13-5-8/h4-7,10H,2-3H2,1H3. The van der Waals surface area contributed by atoms with E-state index in [0.717, 1.165) is 18.4 Å². The molecule has 15 heavy (non-hydrogen) atoms. The van der Waals surface area contributed by atoms with Gasteiger partial charge in [-0.05, 0) is 30.4 Å². The van der Waals surface area contributed by atoms with Crippen LogP contribution in [-0.2, 0) is 9.53 Å². The summed E-state index contributed by atoms with van der Waals surface area (Å²) in [5, 5.41) is 0.557. The molecule has 4 heteroatoms. The molecule has 1 aliphatic rings. The second-order valence-electron chi connectivity index (χ2n) is 3.77. The highest BCUT2D eigenvalue weighted by atomic mass is 35.5. The molecule has 0 aromatic carbocycles. The number of nitrogens with zero attached hydrogens (tertiary/aromatic N) is 1. The molecule has 0 radical (unpaired) electrons. The molecule has 1 aromatic rings. The first kappa shape index (κ1) is 10.4. The Morgan fingerprint density at radius 2 is 2.33 bits per heavy atom. The van der Waals surface area contributed by atoms with Crippen molar-refractivity contribution >= 4 is 17.6 Å². The van der Waals surface area contributed by atoms with Crippen molar-refractivity contribution < 1.29 is 9.53 Å². The van der Waals surface area contributed by atoms with Gasteiger partial charge in [0.05, 0.1) is 18.1 Å². The largest absolute Gasteiger partial charge is 0.469 e. The highest BCUT2D eigenvalue weighted by Crippen LogP contribution is 2.43. The van der Waals surface area contributed by atoms with Gasteiger partial charge in [-0.15, -0.1) is 0 Å². The van der Waals surface area contributed by atoms with Gasteiger partial charge in [0, 0.05) is 12.4 Å². The summed E-state index contributed by atoms with van der Waals surface area (Å²) < 4.78 is 4.80. The Morgan fingerprint density at radius 3 is 2.87 bits per heavy atom. The Morgan fingerprint density at radius 1 is 1.60 bits per heavy atom. The van der Waals surface area contributed by atoms with Gasteiger partial charge >= 0.3 is 5.97 Å². The van der Waals surface area contributed by atoms with Crippen LogP contribution in [0.15, 0.2) is 18.5 Å². The Balaban J connectivity index is 2.27. The van der Waals surface area contributed by atoms with E-state index < -0.39 is 0 Å². The zero-order chi connectivity index (χ0) is 10.8. The molecule has 2 rings (SSSR count). The fraction of sp³-hybridized carbons (Fsp3) is 0.455. The first-order valence-electron chi connectivity index (χ1n) is 4.90. The summed E-state index contributed by atoms with van der Waals surface area (Å²) in [4.78, 5) is 15.6. The molecule has 0 aliphatic heterocycles. The maximum atomic E-state index is 11.6. The fourth-order valence-corrected chi connectivity index (χ4v) is 1.94. The molecule has 0 amide bonds. The normalized spacial score (nSPS) is 17.2. The highest BCUT2D eigenvalue weighted by Gasteiger charge is 2.38. The predicted octanol–water partition coefficient (Wildman–Crippen LogP) is 2.40. The number of rotatable bonds is 3. The van der Waals surface area contributed by atoms with Crippen molar-refractivity contribution in [1.82, 2.24) is 4.98 Å². The minimum absolute atomic E-state index is 0.193. The van der Waals surface area contributed by atoms with Crippen molar-refractivity contribution in [3.63, 3.8) is 0 Å². The molecule has 80 valence electrons. The lowest BCUT2D eigenvalue weighted by Crippen LogP contribution is -2.16. The lowest BCUT2D eigenvalue weighted by molar-refractivity contribution is -0.143. The van der Waals surface area contributed by atoms with Crippen molar-refractivity contribution in [3.05, 3.63) is 29.0 Å². The van der Waals surface area contributed by atoms with E-state index in [1.807, 2.05) is 0 Å². The number of halogens is 1. The van der Waals surface area contributed by atoms with Gasteiger partial charge in [0.2, 0.25) is 0 Å². The summed E-state index contributed by atoms with van der Waals surface area (Å²) in [6.45, 7) is 0. The van der Waals surface area contributed by atoms with E-state index in [9.17, 15) is 4.79 Å². The minimum Gasteiger partial charge on any atom is -0.469 e. The average Bonchev–Trinajstić information content (AvgIpc) is 3.02. The summed E-state index contributed by atoms with van der Waals surface area (Å²) in [6.07, 6.45) is 5.40. The van der Waals surface area contributed by atoms with Crippen LogP contribution in [-0.4, -0.2) is 18.1 Å². The van der Waals surface area contributed by atoms with E-state index in [4.69, 9.17) is 16.3 Å². The van der Waals surface area contributed by atoms with Gasteiger partial charge in [-0.25, -0.2) is 0 Å². The number of carbonyl (C=O) groups is 1. The van der Waals surface area contributed by atoms with Crippen molar-refractivity contribution in [2.45, 2.75) is 18.8 Å². The number of methoxy groups -OCH3 is 1. The van der Waals surface area contributed by atoms with E-state index in [-0.39, 0.29) is 11.9 Å². The molecule has 1 saturated carbocycles.